The fourth-order valence-corrected chi connectivity index (χ4v) is 5.67. The lowest BCUT2D eigenvalue weighted by Crippen LogP contribution is -2.38. The number of aromatic amines is 1. The number of rotatable bonds is 12. The van der Waals surface area contributed by atoms with Gasteiger partial charge in [-0.3, -0.25) is 14.3 Å². The van der Waals surface area contributed by atoms with Crippen molar-refractivity contribution >= 4 is 0 Å². The van der Waals surface area contributed by atoms with Gasteiger partial charge in [-0.05, 0) is 35.7 Å². The molecule has 226 valence electrons. The number of methoxy groups -OCH3 is 2. The molecule has 4 atom stereocenters. The van der Waals surface area contributed by atoms with Crippen LogP contribution in [0, 0.1) is 12.8 Å². The summed E-state index contributed by atoms with van der Waals surface area (Å²) in [7, 11) is 3.25. The van der Waals surface area contributed by atoms with E-state index >= 15 is 0 Å². The Hall–Kier alpha value is -4.02. The van der Waals surface area contributed by atoms with Crippen molar-refractivity contribution in [1.29, 1.82) is 0 Å². The van der Waals surface area contributed by atoms with Crippen molar-refractivity contribution in [1.82, 2.24) is 9.55 Å². The molecule has 1 aromatic heterocycles. The molecule has 0 bridgehead atoms. The van der Waals surface area contributed by atoms with Crippen LogP contribution in [0.4, 0.5) is 0 Å². The Morgan fingerprint density at radius 1 is 0.860 bits per heavy atom. The Morgan fingerprint density at radius 2 is 1.47 bits per heavy atom. The fourth-order valence-electron chi connectivity index (χ4n) is 5.67. The fraction of sp³-hybridized carbons (Fsp3) is 0.353. The van der Waals surface area contributed by atoms with Crippen LogP contribution in [0.3, 0.4) is 0 Å². The van der Waals surface area contributed by atoms with Gasteiger partial charge in [0.15, 0.2) is 6.23 Å². The Labute approximate surface area is 251 Å². The maximum absolute atomic E-state index is 12.9. The van der Waals surface area contributed by atoms with Crippen LogP contribution in [-0.2, 0) is 24.5 Å². The molecule has 0 amide bonds. The van der Waals surface area contributed by atoms with Gasteiger partial charge in [-0.25, -0.2) is 4.79 Å². The van der Waals surface area contributed by atoms with Crippen molar-refractivity contribution in [3.05, 3.63) is 134 Å². The van der Waals surface area contributed by atoms with Gasteiger partial charge in [-0.2, -0.15) is 0 Å². The van der Waals surface area contributed by atoms with Crippen molar-refractivity contribution in [2.75, 3.05) is 34.0 Å². The van der Waals surface area contributed by atoms with Crippen LogP contribution >= 0.6 is 0 Å². The second kappa shape index (κ2) is 13.5. The molecular formula is C34H38N2O7. The summed E-state index contributed by atoms with van der Waals surface area (Å²) in [4.78, 5) is 27.4. The van der Waals surface area contributed by atoms with Crippen molar-refractivity contribution < 1.29 is 23.7 Å². The maximum atomic E-state index is 12.9. The van der Waals surface area contributed by atoms with E-state index in [-0.39, 0.29) is 12.5 Å². The Kier molecular flexibility index (Phi) is 9.57. The molecule has 9 heteroatoms. The van der Waals surface area contributed by atoms with Crippen LogP contribution in [-0.4, -0.2) is 55.8 Å². The van der Waals surface area contributed by atoms with E-state index in [2.05, 4.69) is 29.2 Å². The minimum Gasteiger partial charge on any atom is -0.497 e. The zero-order chi connectivity index (χ0) is 30.4. The van der Waals surface area contributed by atoms with Gasteiger partial charge in [0.25, 0.3) is 5.56 Å². The summed E-state index contributed by atoms with van der Waals surface area (Å²) < 4.78 is 31.9. The highest BCUT2D eigenvalue weighted by atomic mass is 16.6. The number of hydrogen-bond donors (Lipinski definition) is 1. The highest BCUT2D eigenvalue weighted by molar-refractivity contribution is 5.48. The third-order valence-electron chi connectivity index (χ3n) is 8.04. The highest BCUT2D eigenvalue weighted by Gasteiger charge is 2.46. The molecule has 1 saturated heterocycles. The summed E-state index contributed by atoms with van der Waals surface area (Å²) in [6, 6.07) is 28.0. The number of ether oxygens (including phenoxy) is 5. The van der Waals surface area contributed by atoms with Crippen LogP contribution < -0.4 is 16.0 Å². The van der Waals surface area contributed by atoms with E-state index < -0.39 is 35.3 Å². The van der Waals surface area contributed by atoms with Crippen LogP contribution in [0.2, 0.25) is 0 Å². The molecular weight excluding hydrogens is 548 g/mol. The Balaban J connectivity index is 1.54. The Morgan fingerprint density at radius 3 is 2.05 bits per heavy atom. The van der Waals surface area contributed by atoms with Gasteiger partial charge in [-0.15, -0.1) is 0 Å². The second-order valence-corrected chi connectivity index (χ2v) is 10.7. The second-order valence-electron chi connectivity index (χ2n) is 10.7. The number of aromatic nitrogens is 2. The summed E-state index contributed by atoms with van der Waals surface area (Å²) in [5.41, 5.74) is 1.26. The number of nitrogens with one attached hydrogen (secondary N) is 1. The summed E-state index contributed by atoms with van der Waals surface area (Å²) >= 11 is 0. The minimum atomic E-state index is -0.978. The smallest absolute Gasteiger partial charge is 0.330 e. The first-order valence-corrected chi connectivity index (χ1v) is 14.4. The largest absolute Gasteiger partial charge is 0.497 e. The monoisotopic (exact) mass is 586 g/mol. The molecule has 9 nitrogen and oxygen atoms in total. The van der Waals surface area contributed by atoms with Crippen LogP contribution in [0.5, 0.6) is 5.75 Å². The molecule has 2 unspecified atom stereocenters. The standard InChI is InChI=1S/C34H38N2O7/c1-23-21-36(33(38)35-31(23)37)32-30(41-20-19-39-3)24(2)29(43-32)22-42-34(25-11-7-5-8-12-25,26-13-9-6-10-14-26)27-15-17-28(40-4)18-16-27/h5-18,21,24,29-30,32H,19-20,22H2,1-4H3,(H,35,37,38)/t24?,29-,30?,32-/m0/s1. The number of nitrogens with zero attached hydrogens (tertiary/aromatic N) is 1. The van der Waals surface area contributed by atoms with Crippen LogP contribution in [0.25, 0.3) is 0 Å². The molecule has 1 N–H and O–H groups in total. The molecule has 43 heavy (non-hydrogen) atoms. The molecule has 0 spiro atoms. The van der Waals surface area contributed by atoms with Gasteiger partial charge in [0, 0.05) is 24.8 Å². The van der Waals surface area contributed by atoms with Gasteiger partial charge < -0.3 is 23.7 Å². The first-order valence-electron chi connectivity index (χ1n) is 14.4. The SMILES string of the molecule is COCCOC1C(C)[C@H](COC(c2ccccc2)(c2ccccc2)c2ccc(OC)cc2)O[C@@H]1n1cc(C)c(=O)[nH]c1=O. The third-order valence-corrected chi connectivity index (χ3v) is 8.04. The number of benzene rings is 3. The van der Waals surface area contributed by atoms with Crippen molar-refractivity contribution in [2.24, 2.45) is 5.92 Å². The first-order chi connectivity index (χ1) is 20.9. The molecule has 0 saturated carbocycles. The van der Waals surface area contributed by atoms with E-state index in [1.165, 1.54) is 10.8 Å². The van der Waals surface area contributed by atoms with Crippen molar-refractivity contribution in [3.63, 3.8) is 0 Å². The van der Waals surface area contributed by atoms with Crippen molar-refractivity contribution in [3.8, 4) is 5.75 Å². The topological polar surface area (TPSA) is 101 Å². The van der Waals surface area contributed by atoms with E-state index in [0.717, 1.165) is 22.4 Å². The maximum Gasteiger partial charge on any atom is 0.330 e. The van der Waals surface area contributed by atoms with Gasteiger partial charge in [0.05, 0.1) is 33.0 Å². The number of H-pyrrole nitrogens is 1. The molecule has 4 aromatic rings. The van der Waals surface area contributed by atoms with Gasteiger partial charge >= 0.3 is 5.69 Å². The Bertz CT molecular complexity index is 1550. The van der Waals surface area contributed by atoms with E-state index in [0.29, 0.717) is 18.8 Å². The summed E-state index contributed by atoms with van der Waals surface area (Å²) in [5, 5.41) is 0. The molecule has 0 radical (unpaired) electrons. The molecule has 0 aliphatic carbocycles. The zero-order valence-electron chi connectivity index (χ0n) is 24.9. The summed E-state index contributed by atoms with van der Waals surface area (Å²) in [6.07, 6.45) is -0.186. The number of hydrogen-bond acceptors (Lipinski definition) is 7. The highest BCUT2D eigenvalue weighted by Crippen LogP contribution is 2.43. The van der Waals surface area contributed by atoms with Gasteiger partial charge in [0.2, 0.25) is 0 Å². The summed E-state index contributed by atoms with van der Waals surface area (Å²) in [6.45, 7) is 4.57. The van der Waals surface area contributed by atoms with E-state index in [9.17, 15) is 9.59 Å². The van der Waals surface area contributed by atoms with E-state index in [4.69, 9.17) is 23.7 Å². The molecule has 1 fully saturated rings. The predicted octanol–water partition coefficient (Wildman–Crippen LogP) is 4.43. The lowest BCUT2D eigenvalue weighted by atomic mass is 9.80. The molecule has 5 rings (SSSR count). The lowest BCUT2D eigenvalue weighted by molar-refractivity contribution is -0.0984. The minimum absolute atomic E-state index is 0.166. The molecule has 2 heterocycles. The van der Waals surface area contributed by atoms with Crippen molar-refractivity contribution in [2.45, 2.75) is 37.9 Å². The average Bonchev–Trinajstić information content (AvgIpc) is 3.35. The van der Waals surface area contributed by atoms with E-state index in [1.807, 2.05) is 67.6 Å². The predicted molar refractivity (Wildman–Crippen MR) is 162 cm³/mol. The van der Waals surface area contributed by atoms with Gasteiger partial charge in [0.1, 0.15) is 17.5 Å². The summed E-state index contributed by atoms with van der Waals surface area (Å²) in [5.74, 6) is 0.577. The molecule has 3 aromatic carbocycles. The quantitative estimate of drug-likeness (QED) is 0.194. The lowest BCUT2D eigenvalue weighted by Gasteiger charge is -2.37. The normalized spacial score (nSPS) is 20.3. The average molecular weight is 587 g/mol. The number of aryl methyl sites for hydroxylation is 1. The third kappa shape index (κ3) is 6.21. The molecule has 1 aliphatic heterocycles. The zero-order valence-corrected chi connectivity index (χ0v) is 24.9. The first kappa shape index (κ1) is 30.4. The van der Waals surface area contributed by atoms with Gasteiger partial charge in [-0.1, -0.05) is 79.7 Å². The van der Waals surface area contributed by atoms with E-state index in [1.54, 1.807) is 21.1 Å². The van der Waals surface area contributed by atoms with Crippen LogP contribution in [0.1, 0.15) is 35.4 Å². The molecule has 1 aliphatic rings. The van der Waals surface area contributed by atoms with Crippen LogP contribution in [0.15, 0.2) is 101 Å².